The molecular weight excluding hydrogens is 290 g/mol. The molecule has 0 fully saturated rings. The Labute approximate surface area is 121 Å². The molecule has 2 aromatic carbocycles. The molecule has 3 aromatic rings. The number of phenols is 1. The molecule has 5 nitrogen and oxygen atoms in total. The van der Waals surface area contributed by atoms with E-state index in [1.54, 1.807) is 24.3 Å². The number of phenolic OH excluding ortho intramolecular Hbond substituents is 1. The van der Waals surface area contributed by atoms with Crippen LogP contribution in [0.4, 0.5) is 0 Å². The first kappa shape index (κ1) is 13.5. The molecule has 0 unspecified atom stereocenters. The number of aromatic hydroxyl groups is 1. The number of benzene rings is 2. The van der Waals surface area contributed by atoms with Gasteiger partial charge >= 0.3 is 0 Å². The standard InChI is InChI=1S/C15H11NO4S/c17-13-3-1-10(2-4-13)11-7-12-9-16-6-5-14(12)15(8-11)21(18,19)20/h1-9,17H,(H,18,19,20). The molecule has 1 heterocycles. The molecule has 0 radical (unpaired) electrons. The van der Waals surface area contributed by atoms with Gasteiger partial charge in [-0.2, -0.15) is 8.42 Å². The summed E-state index contributed by atoms with van der Waals surface area (Å²) in [6, 6.07) is 11.1. The van der Waals surface area contributed by atoms with Crippen molar-refractivity contribution in [2.24, 2.45) is 0 Å². The highest BCUT2D eigenvalue weighted by atomic mass is 32.2. The van der Waals surface area contributed by atoms with E-state index < -0.39 is 10.1 Å². The number of nitrogens with zero attached hydrogens (tertiary/aromatic N) is 1. The van der Waals surface area contributed by atoms with Crippen LogP contribution in [-0.2, 0) is 10.1 Å². The van der Waals surface area contributed by atoms with Crippen molar-refractivity contribution in [2.75, 3.05) is 0 Å². The normalized spacial score (nSPS) is 11.7. The van der Waals surface area contributed by atoms with Gasteiger partial charge in [0.05, 0.1) is 0 Å². The third-order valence-electron chi connectivity index (χ3n) is 3.19. The third-order valence-corrected chi connectivity index (χ3v) is 4.09. The van der Waals surface area contributed by atoms with E-state index >= 15 is 0 Å². The summed E-state index contributed by atoms with van der Waals surface area (Å²) in [5.74, 6) is 0.121. The maximum atomic E-state index is 11.6. The average Bonchev–Trinajstić information content (AvgIpc) is 2.46. The number of aromatic nitrogens is 1. The van der Waals surface area contributed by atoms with E-state index in [1.165, 1.54) is 30.6 Å². The number of fused-ring (bicyclic) bond motifs is 1. The van der Waals surface area contributed by atoms with Gasteiger partial charge in [-0.05, 0) is 41.5 Å². The van der Waals surface area contributed by atoms with Gasteiger partial charge in [0.2, 0.25) is 0 Å². The van der Waals surface area contributed by atoms with Gasteiger partial charge in [-0.1, -0.05) is 12.1 Å². The van der Waals surface area contributed by atoms with Gasteiger partial charge in [-0.3, -0.25) is 9.54 Å². The van der Waals surface area contributed by atoms with Crippen molar-refractivity contribution in [3.05, 3.63) is 54.9 Å². The molecule has 2 N–H and O–H groups in total. The number of hydrogen-bond acceptors (Lipinski definition) is 4. The second-order valence-corrected chi connectivity index (χ2v) is 5.98. The zero-order chi connectivity index (χ0) is 15.0. The lowest BCUT2D eigenvalue weighted by Crippen LogP contribution is -2.00. The van der Waals surface area contributed by atoms with E-state index in [2.05, 4.69) is 4.98 Å². The summed E-state index contributed by atoms with van der Waals surface area (Å²) in [5.41, 5.74) is 1.34. The van der Waals surface area contributed by atoms with Crippen molar-refractivity contribution in [3.63, 3.8) is 0 Å². The van der Waals surface area contributed by atoms with Crippen LogP contribution < -0.4 is 0 Å². The summed E-state index contributed by atoms with van der Waals surface area (Å²) in [6.45, 7) is 0. The van der Waals surface area contributed by atoms with Crippen molar-refractivity contribution < 1.29 is 18.1 Å². The summed E-state index contributed by atoms with van der Waals surface area (Å²) >= 11 is 0. The molecule has 21 heavy (non-hydrogen) atoms. The molecule has 0 aliphatic carbocycles. The van der Waals surface area contributed by atoms with E-state index in [4.69, 9.17) is 0 Å². The van der Waals surface area contributed by atoms with Gasteiger partial charge in [-0.15, -0.1) is 0 Å². The minimum Gasteiger partial charge on any atom is -0.508 e. The Kier molecular flexibility index (Phi) is 3.12. The predicted molar refractivity (Wildman–Crippen MR) is 78.7 cm³/mol. The van der Waals surface area contributed by atoms with Gasteiger partial charge in [0.25, 0.3) is 10.1 Å². The fourth-order valence-electron chi connectivity index (χ4n) is 2.21. The van der Waals surface area contributed by atoms with Crippen molar-refractivity contribution in [3.8, 4) is 16.9 Å². The molecule has 6 heteroatoms. The molecular formula is C15H11NO4S. The van der Waals surface area contributed by atoms with Crippen LogP contribution in [0.25, 0.3) is 21.9 Å². The molecule has 0 saturated carbocycles. The highest BCUT2D eigenvalue weighted by Gasteiger charge is 2.16. The SMILES string of the molecule is O=S(=O)(O)c1cc(-c2ccc(O)cc2)cc2cnccc12. The Morgan fingerprint density at radius 2 is 1.67 bits per heavy atom. The van der Waals surface area contributed by atoms with Crippen LogP contribution in [-0.4, -0.2) is 23.1 Å². The fraction of sp³-hybridized carbons (Fsp3) is 0. The minimum absolute atomic E-state index is 0.121. The number of hydrogen-bond donors (Lipinski definition) is 2. The van der Waals surface area contributed by atoms with Crippen LogP contribution in [0.15, 0.2) is 59.8 Å². The van der Waals surface area contributed by atoms with E-state index in [0.717, 1.165) is 5.56 Å². The predicted octanol–water partition coefficient (Wildman–Crippen LogP) is 2.85. The summed E-state index contributed by atoms with van der Waals surface area (Å²) in [4.78, 5) is 3.81. The Hall–Kier alpha value is -2.44. The van der Waals surface area contributed by atoms with Crippen LogP contribution in [0.5, 0.6) is 5.75 Å². The second-order valence-electron chi connectivity index (χ2n) is 4.59. The monoisotopic (exact) mass is 301 g/mol. The molecule has 0 saturated heterocycles. The Morgan fingerprint density at radius 1 is 0.952 bits per heavy atom. The lowest BCUT2D eigenvalue weighted by Gasteiger charge is -2.08. The Balaban J connectivity index is 2.33. The third kappa shape index (κ3) is 2.58. The molecule has 0 atom stereocenters. The molecule has 0 aliphatic heterocycles. The van der Waals surface area contributed by atoms with E-state index in [0.29, 0.717) is 16.3 Å². The summed E-state index contributed by atoms with van der Waals surface area (Å²) < 4.78 is 32.6. The molecule has 0 bridgehead atoms. The van der Waals surface area contributed by atoms with Crippen molar-refractivity contribution in [2.45, 2.75) is 4.90 Å². The van der Waals surface area contributed by atoms with E-state index in [9.17, 15) is 18.1 Å². The van der Waals surface area contributed by atoms with E-state index in [1.807, 2.05) is 0 Å². The van der Waals surface area contributed by atoms with Crippen LogP contribution >= 0.6 is 0 Å². The minimum atomic E-state index is -4.35. The van der Waals surface area contributed by atoms with Gasteiger partial charge < -0.3 is 5.11 Å². The zero-order valence-corrected chi connectivity index (χ0v) is 11.6. The van der Waals surface area contributed by atoms with Crippen molar-refractivity contribution in [1.82, 2.24) is 4.98 Å². The lowest BCUT2D eigenvalue weighted by atomic mass is 10.0. The lowest BCUT2D eigenvalue weighted by molar-refractivity contribution is 0.475. The maximum Gasteiger partial charge on any atom is 0.295 e. The van der Waals surface area contributed by atoms with E-state index in [-0.39, 0.29) is 10.6 Å². The first-order valence-corrected chi connectivity index (χ1v) is 7.54. The van der Waals surface area contributed by atoms with Gasteiger partial charge in [0.1, 0.15) is 10.6 Å². The van der Waals surface area contributed by atoms with Gasteiger partial charge in [0.15, 0.2) is 0 Å². The van der Waals surface area contributed by atoms with Gasteiger partial charge in [0, 0.05) is 23.2 Å². The molecule has 0 aliphatic rings. The molecule has 3 rings (SSSR count). The average molecular weight is 301 g/mol. The fourth-order valence-corrected chi connectivity index (χ4v) is 2.95. The maximum absolute atomic E-state index is 11.6. The van der Waals surface area contributed by atoms with Crippen LogP contribution in [0.1, 0.15) is 0 Å². The quantitative estimate of drug-likeness (QED) is 0.711. The molecule has 0 amide bonds. The first-order valence-electron chi connectivity index (χ1n) is 6.10. The first-order chi connectivity index (χ1) is 9.95. The smallest absolute Gasteiger partial charge is 0.295 e. The van der Waals surface area contributed by atoms with Crippen LogP contribution in [0.3, 0.4) is 0 Å². The summed E-state index contributed by atoms with van der Waals surface area (Å²) in [6.07, 6.45) is 3.01. The summed E-state index contributed by atoms with van der Waals surface area (Å²) in [5, 5.41) is 10.3. The number of pyridine rings is 1. The largest absolute Gasteiger partial charge is 0.508 e. The number of rotatable bonds is 2. The topological polar surface area (TPSA) is 87.5 Å². The van der Waals surface area contributed by atoms with Crippen LogP contribution in [0.2, 0.25) is 0 Å². The highest BCUT2D eigenvalue weighted by molar-refractivity contribution is 7.86. The zero-order valence-electron chi connectivity index (χ0n) is 10.8. The van der Waals surface area contributed by atoms with Crippen LogP contribution in [0, 0.1) is 0 Å². The Morgan fingerprint density at radius 3 is 2.33 bits per heavy atom. The highest BCUT2D eigenvalue weighted by Crippen LogP contribution is 2.30. The molecule has 1 aromatic heterocycles. The van der Waals surface area contributed by atoms with Crippen molar-refractivity contribution >= 4 is 20.9 Å². The van der Waals surface area contributed by atoms with Gasteiger partial charge in [-0.25, -0.2) is 0 Å². The molecule has 0 spiro atoms. The molecule has 106 valence electrons. The second kappa shape index (κ2) is 4.83. The Bertz CT molecular complexity index is 918. The van der Waals surface area contributed by atoms with Crippen molar-refractivity contribution in [1.29, 1.82) is 0 Å². The summed E-state index contributed by atoms with van der Waals surface area (Å²) in [7, 11) is -4.35.